The Balaban J connectivity index is 2.32. The second-order valence-corrected chi connectivity index (χ2v) is 4.18. The molecule has 100 valence electrons. The first-order chi connectivity index (χ1) is 8.98. The molecule has 0 aliphatic heterocycles. The van der Waals surface area contributed by atoms with E-state index in [1.807, 2.05) is 24.3 Å². The third-order valence-corrected chi connectivity index (χ3v) is 2.79. The Morgan fingerprint density at radius 1 is 0.947 bits per heavy atom. The molecule has 0 spiro atoms. The van der Waals surface area contributed by atoms with Crippen LogP contribution in [0.4, 0.5) is 13.2 Å². The largest absolute Gasteiger partial charge is 0.573 e. The molecule has 2 aromatic rings. The van der Waals surface area contributed by atoms with E-state index in [0.717, 1.165) is 11.1 Å². The van der Waals surface area contributed by atoms with E-state index in [2.05, 4.69) is 4.74 Å². The van der Waals surface area contributed by atoms with E-state index >= 15 is 0 Å². The zero-order valence-electron chi connectivity index (χ0n) is 9.75. The molecule has 0 N–H and O–H groups in total. The molecule has 0 saturated carbocycles. The number of rotatable bonds is 3. The molecule has 0 radical (unpaired) electrons. The van der Waals surface area contributed by atoms with Gasteiger partial charge in [-0.1, -0.05) is 30.3 Å². The molecule has 5 heteroatoms. The molecule has 0 amide bonds. The summed E-state index contributed by atoms with van der Waals surface area (Å²) in [6.45, 7) is 0. The highest BCUT2D eigenvalue weighted by Gasteiger charge is 2.31. The van der Waals surface area contributed by atoms with Gasteiger partial charge in [-0.15, -0.1) is 24.8 Å². The van der Waals surface area contributed by atoms with Gasteiger partial charge in [0.2, 0.25) is 0 Å². The second-order valence-electron chi connectivity index (χ2n) is 3.91. The molecule has 2 aromatic carbocycles. The van der Waals surface area contributed by atoms with Gasteiger partial charge in [0.15, 0.2) is 0 Å². The molecule has 2 rings (SSSR count). The van der Waals surface area contributed by atoms with E-state index in [4.69, 9.17) is 11.6 Å². The van der Waals surface area contributed by atoms with Gasteiger partial charge in [-0.3, -0.25) is 0 Å². The normalized spacial score (nSPS) is 11.4. The van der Waals surface area contributed by atoms with Gasteiger partial charge in [-0.2, -0.15) is 0 Å². The minimum atomic E-state index is -4.68. The lowest BCUT2D eigenvalue weighted by Crippen LogP contribution is -2.17. The first kappa shape index (κ1) is 13.7. The highest BCUT2D eigenvalue weighted by Crippen LogP contribution is 2.28. The molecule has 0 fully saturated rings. The standard InChI is InChI=1S/C14H10ClF3O/c15-9-10-3-1-4-11(7-10)12-5-2-6-13(8-12)19-14(16,17)18/h1-8H,9H2. The average Bonchev–Trinajstić information content (AvgIpc) is 2.37. The Morgan fingerprint density at radius 3 is 2.21 bits per heavy atom. The first-order valence-corrected chi connectivity index (χ1v) is 6.02. The van der Waals surface area contributed by atoms with Crippen LogP contribution < -0.4 is 4.74 Å². The fourth-order valence-corrected chi connectivity index (χ4v) is 1.87. The summed E-state index contributed by atoms with van der Waals surface area (Å²) in [5.74, 6) is 0.119. The highest BCUT2D eigenvalue weighted by molar-refractivity contribution is 6.17. The average molecular weight is 287 g/mol. The monoisotopic (exact) mass is 286 g/mol. The van der Waals surface area contributed by atoms with Crippen LogP contribution in [0.25, 0.3) is 11.1 Å². The van der Waals surface area contributed by atoms with Crippen molar-refractivity contribution in [1.29, 1.82) is 0 Å². The van der Waals surface area contributed by atoms with Crippen LogP contribution in [0.3, 0.4) is 0 Å². The Morgan fingerprint density at radius 2 is 1.58 bits per heavy atom. The van der Waals surface area contributed by atoms with E-state index in [9.17, 15) is 13.2 Å². The summed E-state index contributed by atoms with van der Waals surface area (Å²) >= 11 is 5.73. The van der Waals surface area contributed by atoms with Gasteiger partial charge < -0.3 is 4.74 Å². The molecule has 19 heavy (non-hydrogen) atoms. The predicted octanol–water partition coefficient (Wildman–Crippen LogP) is 4.99. The number of benzene rings is 2. The number of hydrogen-bond acceptors (Lipinski definition) is 1. The van der Waals surface area contributed by atoms with Gasteiger partial charge in [0.05, 0.1) is 0 Å². The number of alkyl halides is 4. The lowest BCUT2D eigenvalue weighted by Gasteiger charge is -2.10. The molecular formula is C14H10ClF3O. The summed E-state index contributed by atoms with van der Waals surface area (Å²) in [5, 5.41) is 0. The number of hydrogen-bond donors (Lipinski definition) is 0. The fourth-order valence-electron chi connectivity index (χ4n) is 1.71. The van der Waals surface area contributed by atoms with Crippen molar-refractivity contribution in [2.24, 2.45) is 0 Å². The number of halogens is 4. The molecule has 0 bridgehead atoms. The summed E-state index contributed by atoms with van der Waals surface area (Å²) in [6.07, 6.45) is -4.68. The van der Waals surface area contributed by atoms with E-state index in [1.54, 1.807) is 6.07 Å². The van der Waals surface area contributed by atoms with Crippen molar-refractivity contribution in [2.75, 3.05) is 0 Å². The molecule has 0 aliphatic rings. The minimum absolute atomic E-state index is 0.235. The number of ether oxygens (including phenoxy) is 1. The summed E-state index contributed by atoms with van der Waals surface area (Å²) in [5.41, 5.74) is 2.35. The van der Waals surface area contributed by atoms with E-state index < -0.39 is 6.36 Å². The molecular weight excluding hydrogens is 277 g/mol. The predicted molar refractivity (Wildman–Crippen MR) is 68.1 cm³/mol. The quantitative estimate of drug-likeness (QED) is 0.722. The fraction of sp³-hybridized carbons (Fsp3) is 0.143. The van der Waals surface area contributed by atoms with Gasteiger partial charge in [-0.25, -0.2) is 0 Å². The summed E-state index contributed by atoms with van der Waals surface area (Å²) in [6, 6.07) is 13.2. The summed E-state index contributed by atoms with van der Waals surface area (Å²) < 4.78 is 40.4. The molecule has 1 nitrogen and oxygen atoms in total. The lowest BCUT2D eigenvalue weighted by molar-refractivity contribution is -0.274. The third kappa shape index (κ3) is 3.89. The Hall–Kier alpha value is -1.68. The maximum atomic E-state index is 12.2. The van der Waals surface area contributed by atoms with Crippen molar-refractivity contribution in [3.05, 3.63) is 54.1 Å². The Bertz CT molecular complexity index is 567. The molecule has 0 unspecified atom stereocenters. The van der Waals surface area contributed by atoms with Gasteiger partial charge >= 0.3 is 6.36 Å². The SMILES string of the molecule is FC(F)(F)Oc1cccc(-c2cccc(CCl)c2)c1. The minimum Gasteiger partial charge on any atom is -0.406 e. The van der Waals surface area contributed by atoms with Gasteiger partial charge in [0.1, 0.15) is 5.75 Å². The zero-order chi connectivity index (χ0) is 13.9. The van der Waals surface area contributed by atoms with Crippen LogP contribution in [0.2, 0.25) is 0 Å². The topological polar surface area (TPSA) is 9.23 Å². The first-order valence-electron chi connectivity index (χ1n) is 5.49. The van der Waals surface area contributed by atoms with Crippen LogP contribution in [-0.4, -0.2) is 6.36 Å². The highest BCUT2D eigenvalue weighted by atomic mass is 35.5. The molecule has 0 aromatic heterocycles. The van der Waals surface area contributed by atoms with Crippen molar-refractivity contribution < 1.29 is 17.9 Å². The van der Waals surface area contributed by atoms with Crippen LogP contribution in [0.1, 0.15) is 5.56 Å². The van der Waals surface area contributed by atoms with Gasteiger partial charge in [0, 0.05) is 5.88 Å². The van der Waals surface area contributed by atoms with E-state index in [1.165, 1.54) is 18.2 Å². The van der Waals surface area contributed by atoms with Crippen molar-refractivity contribution in [1.82, 2.24) is 0 Å². The molecule has 0 saturated heterocycles. The van der Waals surface area contributed by atoms with E-state index in [0.29, 0.717) is 11.4 Å². The smallest absolute Gasteiger partial charge is 0.406 e. The van der Waals surface area contributed by atoms with Gasteiger partial charge in [0.25, 0.3) is 0 Å². The lowest BCUT2D eigenvalue weighted by atomic mass is 10.0. The molecule has 0 aliphatic carbocycles. The van der Waals surface area contributed by atoms with Crippen molar-refractivity contribution >= 4 is 11.6 Å². The van der Waals surface area contributed by atoms with Crippen LogP contribution >= 0.6 is 11.6 Å². The maximum absolute atomic E-state index is 12.2. The Labute approximate surface area is 113 Å². The maximum Gasteiger partial charge on any atom is 0.573 e. The van der Waals surface area contributed by atoms with Crippen LogP contribution in [0.15, 0.2) is 48.5 Å². The van der Waals surface area contributed by atoms with Crippen LogP contribution in [0, 0.1) is 0 Å². The zero-order valence-corrected chi connectivity index (χ0v) is 10.5. The van der Waals surface area contributed by atoms with Crippen LogP contribution in [-0.2, 0) is 5.88 Å². The van der Waals surface area contributed by atoms with E-state index in [-0.39, 0.29) is 5.75 Å². The Kier molecular flexibility index (Phi) is 4.00. The third-order valence-electron chi connectivity index (χ3n) is 2.48. The second kappa shape index (κ2) is 5.53. The van der Waals surface area contributed by atoms with Crippen molar-refractivity contribution in [2.45, 2.75) is 12.2 Å². The summed E-state index contributed by atoms with van der Waals surface area (Å²) in [7, 11) is 0. The summed E-state index contributed by atoms with van der Waals surface area (Å²) in [4.78, 5) is 0. The molecule has 0 heterocycles. The van der Waals surface area contributed by atoms with Crippen LogP contribution in [0.5, 0.6) is 5.75 Å². The van der Waals surface area contributed by atoms with Crippen molar-refractivity contribution in [3.63, 3.8) is 0 Å². The molecule has 0 atom stereocenters. The van der Waals surface area contributed by atoms with Gasteiger partial charge in [-0.05, 0) is 34.9 Å². The van der Waals surface area contributed by atoms with Crippen molar-refractivity contribution in [3.8, 4) is 16.9 Å².